The summed E-state index contributed by atoms with van der Waals surface area (Å²) in [5, 5.41) is 7.95. The Morgan fingerprint density at radius 3 is 2.43 bits per heavy atom. The maximum Gasteiger partial charge on any atom is 0.0659 e. The molecule has 1 aromatic heterocycles. The fourth-order valence-corrected chi connectivity index (χ4v) is 3.59. The van der Waals surface area contributed by atoms with E-state index < -0.39 is 0 Å². The van der Waals surface area contributed by atoms with E-state index in [1.807, 2.05) is 23.1 Å². The molecule has 3 rings (SSSR count). The van der Waals surface area contributed by atoms with Crippen LogP contribution in [0.25, 0.3) is 0 Å². The van der Waals surface area contributed by atoms with E-state index in [1.54, 1.807) is 0 Å². The first-order chi connectivity index (χ1) is 10.2. The summed E-state index contributed by atoms with van der Waals surface area (Å²) in [5.74, 6) is 1.68. The summed E-state index contributed by atoms with van der Waals surface area (Å²) >= 11 is 0. The highest BCUT2D eigenvalue weighted by molar-refractivity contribution is 5.45. The maximum atomic E-state index is 4.25. The Morgan fingerprint density at radius 2 is 1.81 bits per heavy atom. The second-order valence-corrected chi connectivity index (χ2v) is 6.66. The van der Waals surface area contributed by atoms with Gasteiger partial charge in [0.05, 0.1) is 6.54 Å². The topological polar surface area (TPSA) is 29.9 Å². The van der Waals surface area contributed by atoms with E-state index in [0.29, 0.717) is 6.04 Å². The SMILES string of the molecule is CC1CC(C)CC(Nc2ccc(Cn3cccn3)cc2)C1. The van der Waals surface area contributed by atoms with Crippen molar-refractivity contribution < 1.29 is 0 Å². The molecule has 1 aromatic carbocycles. The monoisotopic (exact) mass is 283 g/mol. The van der Waals surface area contributed by atoms with Crippen molar-refractivity contribution in [2.24, 2.45) is 11.8 Å². The van der Waals surface area contributed by atoms with Crippen LogP contribution in [-0.4, -0.2) is 15.8 Å². The van der Waals surface area contributed by atoms with E-state index in [0.717, 1.165) is 18.4 Å². The lowest BCUT2D eigenvalue weighted by Gasteiger charge is -2.32. The number of rotatable bonds is 4. The fourth-order valence-electron chi connectivity index (χ4n) is 3.59. The third-order valence-electron chi connectivity index (χ3n) is 4.41. The lowest BCUT2D eigenvalue weighted by atomic mass is 9.80. The highest BCUT2D eigenvalue weighted by atomic mass is 15.3. The number of nitrogens with zero attached hydrogens (tertiary/aromatic N) is 2. The zero-order valence-electron chi connectivity index (χ0n) is 13.0. The first-order valence-electron chi connectivity index (χ1n) is 8.02. The number of benzene rings is 1. The summed E-state index contributed by atoms with van der Waals surface area (Å²) in [6.07, 6.45) is 7.78. The summed E-state index contributed by atoms with van der Waals surface area (Å²) < 4.78 is 1.95. The lowest BCUT2D eigenvalue weighted by Crippen LogP contribution is -2.30. The Labute approximate surface area is 127 Å². The molecule has 0 bridgehead atoms. The number of nitrogens with one attached hydrogen (secondary N) is 1. The van der Waals surface area contributed by atoms with Gasteiger partial charge in [0.1, 0.15) is 0 Å². The van der Waals surface area contributed by atoms with E-state index in [2.05, 4.69) is 48.5 Å². The van der Waals surface area contributed by atoms with Crippen LogP contribution in [0.1, 0.15) is 38.7 Å². The Hall–Kier alpha value is -1.77. The highest BCUT2D eigenvalue weighted by Gasteiger charge is 2.23. The predicted octanol–water partition coefficient (Wildman–Crippen LogP) is 4.17. The van der Waals surface area contributed by atoms with Gasteiger partial charge in [0, 0.05) is 24.1 Å². The van der Waals surface area contributed by atoms with Crippen LogP contribution < -0.4 is 5.32 Å². The minimum Gasteiger partial charge on any atom is -0.382 e. The molecule has 2 unspecified atom stereocenters. The predicted molar refractivity (Wildman–Crippen MR) is 87.4 cm³/mol. The molecule has 1 saturated carbocycles. The van der Waals surface area contributed by atoms with Crippen LogP contribution in [0.2, 0.25) is 0 Å². The average molecular weight is 283 g/mol. The van der Waals surface area contributed by atoms with Gasteiger partial charge in [-0.3, -0.25) is 4.68 Å². The van der Waals surface area contributed by atoms with Crippen molar-refractivity contribution in [2.45, 2.75) is 45.7 Å². The summed E-state index contributed by atoms with van der Waals surface area (Å²) in [7, 11) is 0. The number of hydrogen-bond donors (Lipinski definition) is 1. The summed E-state index contributed by atoms with van der Waals surface area (Å²) in [6.45, 7) is 5.58. The number of anilines is 1. The molecule has 0 spiro atoms. The third kappa shape index (κ3) is 3.87. The first kappa shape index (κ1) is 14.2. The van der Waals surface area contributed by atoms with Crippen LogP contribution in [0.5, 0.6) is 0 Å². The van der Waals surface area contributed by atoms with Crippen molar-refractivity contribution in [3.63, 3.8) is 0 Å². The van der Waals surface area contributed by atoms with E-state index in [1.165, 1.54) is 30.5 Å². The molecule has 21 heavy (non-hydrogen) atoms. The quantitative estimate of drug-likeness (QED) is 0.912. The van der Waals surface area contributed by atoms with Gasteiger partial charge in [-0.15, -0.1) is 0 Å². The van der Waals surface area contributed by atoms with Crippen molar-refractivity contribution in [2.75, 3.05) is 5.32 Å². The first-order valence-corrected chi connectivity index (χ1v) is 8.02. The number of aromatic nitrogens is 2. The van der Waals surface area contributed by atoms with Gasteiger partial charge < -0.3 is 5.32 Å². The van der Waals surface area contributed by atoms with E-state index in [4.69, 9.17) is 0 Å². The van der Waals surface area contributed by atoms with E-state index >= 15 is 0 Å². The summed E-state index contributed by atoms with van der Waals surface area (Å²) in [4.78, 5) is 0. The van der Waals surface area contributed by atoms with Gasteiger partial charge in [-0.1, -0.05) is 26.0 Å². The minimum absolute atomic E-state index is 0.626. The average Bonchev–Trinajstić information content (AvgIpc) is 2.93. The molecule has 1 aliphatic carbocycles. The molecule has 2 atom stereocenters. The zero-order valence-corrected chi connectivity index (χ0v) is 13.0. The smallest absolute Gasteiger partial charge is 0.0659 e. The molecule has 3 nitrogen and oxygen atoms in total. The van der Waals surface area contributed by atoms with Crippen molar-refractivity contribution in [1.82, 2.24) is 9.78 Å². The van der Waals surface area contributed by atoms with Gasteiger partial charge >= 0.3 is 0 Å². The molecule has 0 saturated heterocycles. The Kier molecular flexibility index (Phi) is 4.28. The highest BCUT2D eigenvalue weighted by Crippen LogP contribution is 2.30. The molecule has 3 heteroatoms. The Morgan fingerprint density at radius 1 is 1.10 bits per heavy atom. The van der Waals surface area contributed by atoms with Gasteiger partial charge in [0.25, 0.3) is 0 Å². The van der Waals surface area contributed by atoms with Gasteiger partial charge in [-0.2, -0.15) is 5.10 Å². The molecule has 1 aliphatic rings. The van der Waals surface area contributed by atoms with Crippen LogP contribution in [0.3, 0.4) is 0 Å². The maximum absolute atomic E-state index is 4.25. The van der Waals surface area contributed by atoms with Crippen LogP contribution in [0.4, 0.5) is 5.69 Å². The summed E-state index contributed by atoms with van der Waals surface area (Å²) in [5.41, 5.74) is 2.53. The van der Waals surface area contributed by atoms with Crippen LogP contribution in [0, 0.1) is 11.8 Å². The van der Waals surface area contributed by atoms with Gasteiger partial charge in [-0.25, -0.2) is 0 Å². The molecule has 112 valence electrons. The van der Waals surface area contributed by atoms with Gasteiger partial charge in [0.15, 0.2) is 0 Å². The van der Waals surface area contributed by atoms with Gasteiger partial charge in [-0.05, 0) is 54.9 Å². The molecule has 0 aliphatic heterocycles. The number of hydrogen-bond acceptors (Lipinski definition) is 2. The molecule has 1 heterocycles. The Bertz CT molecular complexity index is 534. The Balaban J connectivity index is 1.59. The molecule has 1 fully saturated rings. The third-order valence-corrected chi connectivity index (χ3v) is 4.41. The molecular weight excluding hydrogens is 258 g/mol. The van der Waals surface area contributed by atoms with Crippen molar-refractivity contribution in [3.05, 3.63) is 48.3 Å². The molecule has 0 radical (unpaired) electrons. The molecule has 0 amide bonds. The standard InChI is InChI=1S/C18H25N3/c1-14-10-15(2)12-18(11-14)20-17-6-4-16(5-7-17)13-21-9-3-8-19-21/h3-9,14-15,18,20H,10-13H2,1-2H3. The second-order valence-electron chi connectivity index (χ2n) is 6.66. The minimum atomic E-state index is 0.626. The largest absolute Gasteiger partial charge is 0.382 e. The van der Waals surface area contributed by atoms with Crippen LogP contribution >= 0.6 is 0 Å². The van der Waals surface area contributed by atoms with Crippen molar-refractivity contribution in [3.8, 4) is 0 Å². The second kappa shape index (κ2) is 6.33. The van der Waals surface area contributed by atoms with E-state index in [9.17, 15) is 0 Å². The van der Waals surface area contributed by atoms with Gasteiger partial charge in [0.2, 0.25) is 0 Å². The fraction of sp³-hybridized carbons (Fsp3) is 0.500. The van der Waals surface area contributed by atoms with Crippen molar-refractivity contribution in [1.29, 1.82) is 0 Å². The molecule has 1 N–H and O–H groups in total. The van der Waals surface area contributed by atoms with Crippen molar-refractivity contribution >= 4 is 5.69 Å². The summed E-state index contributed by atoms with van der Waals surface area (Å²) in [6, 6.07) is 11.4. The normalized spacial score (nSPS) is 25.7. The van der Waals surface area contributed by atoms with Crippen LogP contribution in [-0.2, 0) is 6.54 Å². The lowest BCUT2D eigenvalue weighted by molar-refractivity contribution is 0.281. The van der Waals surface area contributed by atoms with E-state index in [-0.39, 0.29) is 0 Å². The molecular formula is C18H25N3. The molecule has 2 aromatic rings. The zero-order chi connectivity index (χ0) is 14.7. The van der Waals surface area contributed by atoms with Crippen LogP contribution in [0.15, 0.2) is 42.7 Å².